The number of ether oxygens (including phenoxy) is 1. The molecule has 6 heteroatoms. The van der Waals surface area contributed by atoms with Crippen LogP contribution in [0.15, 0.2) is 41.5 Å². The van der Waals surface area contributed by atoms with E-state index in [9.17, 15) is 4.79 Å². The van der Waals surface area contributed by atoms with Crippen molar-refractivity contribution < 1.29 is 9.53 Å². The van der Waals surface area contributed by atoms with Crippen molar-refractivity contribution in [2.75, 3.05) is 12.5 Å². The van der Waals surface area contributed by atoms with Gasteiger partial charge in [-0.05, 0) is 18.6 Å². The van der Waals surface area contributed by atoms with Crippen molar-refractivity contribution in [1.29, 1.82) is 0 Å². The van der Waals surface area contributed by atoms with Gasteiger partial charge in [-0.15, -0.1) is 0 Å². The molecule has 2 aromatic rings. The zero-order valence-corrected chi connectivity index (χ0v) is 12.6. The van der Waals surface area contributed by atoms with Crippen LogP contribution in [0.3, 0.4) is 0 Å². The second-order valence-corrected chi connectivity index (χ2v) is 5.08. The van der Waals surface area contributed by atoms with Crippen LogP contribution in [0.4, 0.5) is 5.13 Å². The zero-order valence-electron chi connectivity index (χ0n) is 11.7. The number of esters is 1. The standard InChI is InChI=1S/C15H15N3O2S/c1-11-13(14(19)20-2)21-15(17-11)18-16-10-6-9-12-7-4-3-5-8-12/h3-10H,1-2H3,(H,17,18)/b9-6+,16-10?. The number of hydrazone groups is 1. The number of allylic oxidation sites excluding steroid dienone is 1. The summed E-state index contributed by atoms with van der Waals surface area (Å²) in [6.45, 7) is 1.76. The number of methoxy groups -OCH3 is 1. The summed E-state index contributed by atoms with van der Waals surface area (Å²) in [5.74, 6) is -0.383. The van der Waals surface area contributed by atoms with E-state index in [4.69, 9.17) is 0 Å². The first-order valence-corrected chi connectivity index (χ1v) is 7.09. The van der Waals surface area contributed by atoms with Gasteiger partial charge in [0, 0.05) is 6.21 Å². The van der Waals surface area contributed by atoms with Gasteiger partial charge in [-0.25, -0.2) is 9.78 Å². The molecule has 0 amide bonds. The minimum Gasteiger partial charge on any atom is -0.465 e. The Morgan fingerprint density at radius 1 is 1.38 bits per heavy atom. The SMILES string of the molecule is COC(=O)c1sc(NN=C/C=C/c2ccccc2)nc1C. The third-order valence-corrected chi connectivity index (χ3v) is 3.62. The van der Waals surface area contributed by atoms with Crippen LogP contribution < -0.4 is 5.43 Å². The number of nitrogens with one attached hydrogen (secondary N) is 1. The number of hydrogen-bond donors (Lipinski definition) is 1. The summed E-state index contributed by atoms with van der Waals surface area (Å²) >= 11 is 1.21. The molecule has 0 aliphatic carbocycles. The smallest absolute Gasteiger partial charge is 0.350 e. The van der Waals surface area contributed by atoms with Gasteiger partial charge in [-0.3, -0.25) is 5.43 Å². The highest BCUT2D eigenvalue weighted by Gasteiger charge is 2.14. The molecule has 2 rings (SSSR count). The zero-order chi connectivity index (χ0) is 15.1. The molecule has 0 radical (unpaired) electrons. The van der Waals surface area contributed by atoms with Crippen molar-refractivity contribution in [3.8, 4) is 0 Å². The van der Waals surface area contributed by atoms with Gasteiger partial charge >= 0.3 is 5.97 Å². The predicted octanol–water partition coefficient (Wildman–Crippen LogP) is 3.35. The Balaban J connectivity index is 1.93. The summed E-state index contributed by atoms with van der Waals surface area (Å²) in [7, 11) is 1.35. The first-order valence-electron chi connectivity index (χ1n) is 6.27. The summed E-state index contributed by atoms with van der Waals surface area (Å²) in [5, 5.41) is 4.58. The van der Waals surface area contributed by atoms with Gasteiger partial charge in [0.1, 0.15) is 4.88 Å². The monoisotopic (exact) mass is 301 g/mol. The molecule has 5 nitrogen and oxygen atoms in total. The fourth-order valence-corrected chi connectivity index (χ4v) is 2.41. The number of rotatable bonds is 5. The Morgan fingerprint density at radius 3 is 2.86 bits per heavy atom. The number of carbonyl (C=O) groups excluding carboxylic acids is 1. The second kappa shape index (κ2) is 7.35. The lowest BCUT2D eigenvalue weighted by Gasteiger charge is -1.93. The summed E-state index contributed by atoms with van der Waals surface area (Å²) in [6.07, 6.45) is 5.39. The van der Waals surface area contributed by atoms with Gasteiger partial charge < -0.3 is 4.74 Å². The molecule has 21 heavy (non-hydrogen) atoms. The average Bonchev–Trinajstić information content (AvgIpc) is 2.88. The predicted molar refractivity (Wildman–Crippen MR) is 85.8 cm³/mol. The first-order chi connectivity index (χ1) is 10.2. The largest absolute Gasteiger partial charge is 0.465 e. The van der Waals surface area contributed by atoms with Gasteiger partial charge in [0.25, 0.3) is 0 Å². The average molecular weight is 301 g/mol. The Hall–Kier alpha value is -2.47. The van der Waals surface area contributed by atoms with Crippen molar-refractivity contribution in [1.82, 2.24) is 4.98 Å². The summed E-state index contributed by atoms with van der Waals surface area (Å²) in [5.41, 5.74) is 4.52. The molecule has 0 aliphatic heterocycles. The van der Waals surface area contributed by atoms with E-state index in [2.05, 4.69) is 20.2 Å². The molecular formula is C15H15N3O2S. The molecule has 0 bridgehead atoms. The van der Waals surface area contributed by atoms with Gasteiger partial charge in [0.15, 0.2) is 0 Å². The number of thiazole rings is 1. The molecule has 1 N–H and O–H groups in total. The van der Waals surface area contributed by atoms with E-state index in [1.54, 1.807) is 13.1 Å². The third kappa shape index (κ3) is 4.25. The molecule has 0 fully saturated rings. The van der Waals surface area contributed by atoms with E-state index in [1.807, 2.05) is 42.5 Å². The van der Waals surface area contributed by atoms with E-state index in [1.165, 1.54) is 18.4 Å². The summed E-state index contributed by atoms with van der Waals surface area (Å²) < 4.78 is 4.68. The lowest BCUT2D eigenvalue weighted by molar-refractivity contribution is 0.0605. The molecule has 0 spiro atoms. The molecule has 108 valence electrons. The molecule has 1 heterocycles. The lowest BCUT2D eigenvalue weighted by Crippen LogP contribution is -1.99. The third-order valence-electron chi connectivity index (χ3n) is 2.58. The van der Waals surface area contributed by atoms with Gasteiger partial charge in [0.05, 0.1) is 12.8 Å². The van der Waals surface area contributed by atoms with Crippen LogP contribution in [0, 0.1) is 6.92 Å². The van der Waals surface area contributed by atoms with Crippen LogP contribution in [0.2, 0.25) is 0 Å². The van der Waals surface area contributed by atoms with E-state index in [0.717, 1.165) is 5.56 Å². The van der Waals surface area contributed by atoms with Crippen LogP contribution in [0.25, 0.3) is 6.08 Å². The topological polar surface area (TPSA) is 63.6 Å². The first kappa shape index (κ1) is 14.9. The van der Waals surface area contributed by atoms with Crippen LogP contribution in [0.1, 0.15) is 20.9 Å². The van der Waals surface area contributed by atoms with E-state index in [0.29, 0.717) is 15.7 Å². The van der Waals surface area contributed by atoms with Gasteiger partial charge in [0.2, 0.25) is 5.13 Å². The number of anilines is 1. The summed E-state index contributed by atoms with van der Waals surface area (Å²) in [4.78, 5) is 16.1. The Labute approximate surface area is 127 Å². The minimum atomic E-state index is -0.383. The number of aromatic nitrogens is 1. The van der Waals surface area contributed by atoms with Crippen molar-refractivity contribution in [2.24, 2.45) is 5.10 Å². The van der Waals surface area contributed by atoms with Crippen molar-refractivity contribution in [3.63, 3.8) is 0 Å². The quantitative estimate of drug-likeness (QED) is 0.522. The van der Waals surface area contributed by atoms with Crippen molar-refractivity contribution in [2.45, 2.75) is 6.92 Å². The van der Waals surface area contributed by atoms with Crippen molar-refractivity contribution >= 4 is 34.7 Å². The normalized spacial score (nSPS) is 11.1. The number of aryl methyl sites for hydroxylation is 1. The molecular weight excluding hydrogens is 286 g/mol. The highest BCUT2D eigenvalue weighted by Crippen LogP contribution is 2.22. The highest BCUT2D eigenvalue weighted by molar-refractivity contribution is 7.17. The lowest BCUT2D eigenvalue weighted by atomic mass is 10.2. The maximum absolute atomic E-state index is 11.5. The number of carbonyl (C=O) groups is 1. The molecule has 0 aliphatic rings. The molecule has 0 saturated heterocycles. The molecule has 0 saturated carbocycles. The summed E-state index contributed by atoms with van der Waals surface area (Å²) in [6, 6.07) is 9.93. The molecule has 1 aromatic carbocycles. The molecule has 0 unspecified atom stereocenters. The number of benzene rings is 1. The maximum Gasteiger partial charge on any atom is 0.350 e. The van der Waals surface area contributed by atoms with Gasteiger partial charge in [-0.1, -0.05) is 47.7 Å². The maximum atomic E-state index is 11.5. The van der Waals surface area contributed by atoms with E-state index < -0.39 is 0 Å². The number of hydrogen-bond acceptors (Lipinski definition) is 6. The van der Waals surface area contributed by atoms with Crippen molar-refractivity contribution in [3.05, 3.63) is 52.5 Å². The highest BCUT2D eigenvalue weighted by atomic mass is 32.1. The number of nitrogens with zero attached hydrogens (tertiary/aromatic N) is 2. The van der Waals surface area contributed by atoms with Crippen LogP contribution >= 0.6 is 11.3 Å². The Bertz CT molecular complexity index is 663. The Kier molecular flexibility index (Phi) is 5.22. The van der Waals surface area contributed by atoms with Crippen LogP contribution in [-0.4, -0.2) is 24.3 Å². The fraction of sp³-hybridized carbons (Fsp3) is 0.133. The molecule has 1 aromatic heterocycles. The molecule has 0 atom stereocenters. The van der Waals surface area contributed by atoms with Gasteiger partial charge in [-0.2, -0.15) is 5.10 Å². The Morgan fingerprint density at radius 2 is 2.14 bits per heavy atom. The van der Waals surface area contributed by atoms with E-state index >= 15 is 0 Å². The minimum absolute atomic E-state index is 0.383. The van der Waals surface area contributed by atoms with Crippen LogP contribution in [0.5, 0.6) is 0 Å². The second-order valence-electron chi connectivity index (χ2n) is 4.08. The van der Waals surface area contributed by atoms with E-state index in [-0.39, 0.29) is 5.97 Å². The fourth-order valence-electron chi connectivity index (χ4n) is 1.58. The van der Waals surface area contributed by atoms with Crippen LogP contribution in [-0.2, 0) is 4.74 Å².